The standard InChI is InChI=1S/C29H29NO4S/c1-20-13-9-12-18-25(20)35(32,33)26-19-23-16-10-11-17-24(23)30(26)27(22-14-7-6-8-15-22)21(2)28(31)34-29(3,4)5/h6-19,27H,2H2,1,3-5H3. The van der Waals surface area contributed by atoms with Crippen molar-refractivity contribution in [3.8, 4) is 0 Å². The summed E-state index contributed by atoms with van der Waals surface area (Å²) >= 11 is 0. The summed E-state index contributed by atoms with van der Waals surface area (Å²) in [4.78, 5) is 13.4. The predicted molar refractivity (Wildman–Crippen MR) is 138 cm³/mol. The highest BCUT2D eigenvalue weighted by molar-refractivity contribution is 7.91. The quantitative estimate of drug-likeness (QED) is 0.237. The van der Waals surface area contributed by atoms with Gasteiger partial charge >= 0.3 is 5.97 Å². The molecular formula is C29H29NO4S. The number of hydrogen-bond donors (Lipinski definition) is 0. The van der Waals surface area contributed by atoms with Crippen LogP contribution in [0, 0.1) is 6.92 Å². The molecule has 0 radical (unpaired) electrons. The summed E-state index contributed by atoms with van der Waals surface area (Å²) in [5, 5.41) is 0.837. The first-order valence-electron chi connectivity index (χ1n) is 11.4. The summed E-state index contributed by atoms with van der Waals surface area (Å²) in [5.74, 6) is -0.580. The lowest BCUT2D eigenvalue weighted by atomic mass is 9.99. The molecule has 3 aromatic carbocycles. The Bertz CT molecular complexity index is 1510. The van der Waals surface area contributed by atoms with Crippen LogP contribution in [0.4, 0.5) is 0 Å². The van der Waals surface area contributed by atoms with Crippen LogP contribution in [0.2, 0.25) is 0 Å². The van der Waals surface area contributed by atoms with Crippen molar-refractivity contribution in [1.29, 1.82) is 0 Å². The fourth-order valence-electron chi connectivity index (χ4n) is 4.19. The number of aryl methyl sites for hydroxylation is 1. The SMILES string of the molecule is C=C(C(=O)OC(C)(C)C)C(c1ccccc1)n1c(S(=O)(=O)c2ccccc2C)cc2ccccc21. The second-order valence-electron chi connectivity index (χ2n) is 9.52. The van der Waals surface area contributed by atoms with E-state index in [1.807, 2.05) is 54.6 Å². The first-order valence-corrected chi connectivity index (χ1v) is 12.9. The van der Waals surface area contributed by atoms with Gasteiger partial charge < -0.3 is 9.30 Å². The van der Waals surface area contributed by atoms with Gasteiger partial charge in [-0.1, -0.05) is 73.3 Å². The van der Waals surface area contributed by atoms with Gasteiger partial charge in [-0.3, -0.25) is 0 Å². The minimum atomic E-state index is -3.94. The third-order valence-electron chi connectivity index (χ3n) is 5.74. The maximum absolute atomic E-state index is 14.0. The number of aromatic nitrogens is 1. The van der Waals surface area contributed by atoms with Crippen molar-refractivity contribution in [2.75, 3.05) is 0 Å². The van der Waals surface area contributed by atoms with Crippen LogP contribution in [0.1, 0.15) is 37.9 Å². The second-order valence-corrected chi connectivity index (χ2v) is 11.4. The lowest BCUT2D eigenvalue weighted by Crippen LogP contribution is -2.29. The maximum atomic E-state index is 14.0. The third kappa shape index (κ3) is 4.80. The molecule has 5 nitrogen and oxygen atoms in total. The number of carbonyl (C=O) groups excluding carboxylic acids is 1. The van der Waals surface area contributed by atoms with Crippen LogP contribution in [-0.2, 0) is 19.4 Å². The molecule has 0 aliphatic carbocycles. The van der Waals surface area contributed by atoms with Crippen LogP contribution < -0.4 is 0 Å². The van der Waals surface area contributed by atoms with E-state index in [2.05, 4.69) is 6.58 Å². The highest BCUT2D eigenvalue weighted by atomic mass is 32.2. The molecule has 0 saturated heterocycles. The topological polar surface area (TPSA) is 65.4 Å². The van der Waals surface area contributed by atoms with Crippen molar-refractivity contribution in [3.05, 3.63) is 108 Å². The molecule has 0 aliphatic rings. The molecule has 180 valence electrons. The summed E-state index contributed by atoms with van der Waals surface area (Å²) in [6, 6.07) is 24.5. The minimum Gasteiger partial charge on any atom is -0.457 e. The van der Waals surface area contributed by atoms with Gasteiger partial charge in [-0.25, -0.2) is 13.2 Å². The smallest absolute Gasteiger partial charge is 0.336 e. The first-order chi connectivity index (χ1) is 16.5. The normalized spacial score (nSPS) is 12.9. The van der Waals surface area contributed by atoms with E-state index < -0.39 is 27.4 Å². The van der Waals surface area contributed by atoms with Gasteiger partial charge in [-0.2, -0.15) is 0 Å². The molecule has 1 aromatic heterocycles. The van der Waals surface area contributed by atoms with Gasteiger partial charge in [0.15, 0.2) is 0 Å². The van der Waals surface area contributed by atoms with Gasteiger partial charge in [-0.15, -0.1) is 0 Å². The molecule has 0 spiro atoms. The number of sulfone groups is 1. The van der Waals surface area contributed by atoms with E-state index in [0.717, 1.165) is 10.9 Å². The summed E-state index contributed by atoms with van der Waals surface area (Å²) in [5.41, 5.74) is 1.47. The monoisotopic (exact) mass is 487 g/mol. The van der Waals surface area contributed by atoms with Crippen molar-refractivity contribution in [2.24, 2.45) is 0 Å². The lowest BCUT2D eigenvalue weighted by Gasteiger charge is -2.27. The zero-order chi connectivity index (χ0) is 25.4. The highest BCUT2D eigenvalue weighted by Gasteiger charge is 2.33. The Hall–Kier alpha value is -3.64. The summed E-state index contributed by atoms with van der Waals surface area (Å²) in [6.45, 7) is 11.2. The van der Waals surface area contributed by atoms with E-state index in [1.165, 1.54) is 0 Å². The fraction of sp³-hybridized carbons (Fsp3) is 0.207. The van der Waals surface area contributed by atoms with Gasteiger partial charge in [0.2, 0.25) is 9.84 Å². The molecule has 0 aliphatic heterocycles. The number of esters is 1. The van der Waals surface area contributed by atoms with Gasteiger partial charge in [0.25, 0.3) is 0 Å². The van der Waals surface area contributed by atoms with Gasteiger partial charge in [0.1, 0.15) is 10.6 Å². The van der Waals surface area contributed by atoms with Gasteiger partial charge in [0.05, 0.1) is 16.5 Å². The molecule has 0 saturated carbocycles. The van der Waals surface area contributed by atoms with Crippen molar-refractivity contribution >= 4 is 26.7 Å². The zero-order valence-electron chi connectivity index (χ0n) is 20.4. The highest BCUT2D eigenvalue weighted by Crippen LogP contribution is 2.37. The Morgan fingerprint density at radius 3 is 2.17 bits per heavy atom. The summed E-state index contributed by atoms with van der Waals surface area (Å²) < 4.78 is 35.4. The molecule has 6 heteroatoms. The molecule has 0 N–H and O–H groups in total. The Labute approximate surface area is 206 Å². The van der Waals surface area contributed by atoms with Gasteiger partial charge in [0, 0.05) is 10.9 Å². The van der Waals surface area contributed by atoms with E-state index in [4.69, 9.17) is 4.74 Å². The largest absolute Gasteiger partial charge is 0.457 e. The lowest BCUT2D eigenvalue weighted by molar-refractivity contribution is -0.150. The predicted octanol–water partition coefficient (Wildman–Crippen LogP) is 6.27. The maximum Gasteiger partial charge on any atom is 0.336 e. The number of hydrogen-bond acceptors (Lipinski definition) is 4. The number of nitrogens with zero attached hydrogens (tertiary/aromatic N) is 1. The van der Waals surface area contributed by atoms with Crippen molar-refractivity contribution in [3.63, 3.8) is 0 Å². The molecule has 4 aromatic rings. The Morgan fingerprint density at radius 2 is 1.51 bits per heavy atom. The number of benzene rings is 3. The van der Waals surface area contributed by atoms with E-state index in [1.54, 1.807) is 62.6 Å². The molecule has 0 bridgehead atoms. The second kappa shape index (κ2) is 9.19. The Morgan fingerprint density at radius 1 is 0.914 bits per heavy atom. The summed E-state index contributed by atoms with van der Waals surface area (Å²) in [6.07, 6.45) is 0. The molecule has 1 heterocycles. The van der Waals surface area contributed by atoms with E-state index in [-0.39, 0.29) is 15.5 Å². The Balaban J connectivity index is 2.02. The van der Waals surface area contributed by atoms with E-state index >= 15 is 0 Å². The third-order valence-corrected chi connectivity index (χ3v) is 7.64. The van der Waals surface area contributed by atoms with Crippen LogP contribution in [-0.4, -0.2) is 24.6 Å². The molecule has 1 unspecified atom stereocenters. The van der Waals surface area contributed by atoms with Crippen LogP contribution in [0.5, 0.6) is 0 Å². The van der Waals surface area contributed by atoms with Crippen molar-refractivity contribution in [2.45, 2.75) is 49.3 Å². The summed E-state index contributed by atoms with van der Waals surface area (Å²) in [7, 11) is -3.94. The molecule has 0 fully saturated rings. The van der Waals surface area contributed by atoms with Crippen LogP contribution >= 0.6 is 0 Å². The molecular weight excluding hydrogens is 458 g/mol. The number of rotatable bonds is 6. The van der Waals surface area contributed by atoms with Crippen LogP contribution in [0.15, 0.2) is 107 Å². The van der Waals surface area contributed by atoms with Crippen LogP contribution in [0.3, 0.4) is 0 Å². The zero-order valence-corrected chi connectivity index (χ0v) is 21.2. The van der Waals surface area contributed by atoms with E-state index in [9.17, 15) is 13.2 Å². The van der Waals surface area contributed by atoms with Gasteiger partial charge in [-0.05, 0) is 57.0 Å². The minimum absolute atomic E-state index is 0.0894. The number of fused-ring (bicyclic) bond motifs is 1. The van der Waals surface area contributed by atoms with Crippen LogP contribution in [0.25, 0.3) is 10.9 Å². The van der Waals surface area contributed by atoms with Crippen molar-refractivity contribution < 1.29 is 17.9 Å². The number of ether oxygens (including phenoxy) is 1. The Kier molecular flexibility index (Phi) is 6.43. The average molecular weight is 488 g/mol. The number of para-hydroxylation sites is 1. The molecule has 1 atom stereocenters. The molecule has 35 heavy (non-hydrogen) atoms. The molecule has 0 amide bonds. The van der Waals surface area contributed by atoms with E-state index in [0.29, 0.717) is 11.1 Å². The first kappa shape index (κ1) is 24.5. The molecule has 4 rings (SSSR count). The van der Waals surface area contributed by atoms with Crippen molar-refractivity contribution in [1.82, 2.24) is 4.57 Å². The fourth-order valence-corrected chi connectivity index (χ4v) is 5.91. The average Bonchev–Trinajstić information content (AvgIpc) is 3.19. The number of carbonyl (C=O) groups is 1.